The molecule has 34 heavy (non-hydrogen) atoms. The minimum atomic E-state index is -0.232. The van der Waals surface area contributed by atoms with Crippen LogP contribution in [0.4, 0.5) is 0 Å². The summed E-state index contributed by atoms with van der Waals surface area (Å²) in [6, 6.07) is 14.0. The Hall–Kier alpha value is 5.17. The Kier molecular flexibility index (Phi) is 13.3. The Bertz CT molecular complexity index is 1460. The van der Waals surface area contributed by atoms with E-state index in [0.717, 1.165) is 6.42 Å². The largest absolute Gasteiger partial charge is 0.360 e. The SMILES string of the molecule is Ic1cc(I)c([I+]c2cc(I)c(Cc3cc(I)c4c(I)ccc(I)c4c3I)c(I)c2I)cc1I. The first-order chi connectivity index (χ1) is 16.0. The van der Waals surface area contributed by atoms with Crippen LogP contribution in [-0.4, -0.2) is 0 Å². The Labute approximate surface area is 346 Å². The van der Waals surface area contributed by atoms with Gasteiger partial charge in [-0.05, 0) is 261 Å². The van der Waals surface area contributed by atoms with E-state index in [1.165, 1.54) is 64.7 Å². The Morgan fingerprint density at radius 1 is 0.471 bits per heavy atom. The van der Waals surface area contributed by atoms with Gasteiger partial charge in [0, 0.05) is 57.9 Å². The smallest absolute Gasteiger partial charge is 0.0471 e. The zero-order valence-electron chi connectivity index (χ0n) is 16.3. The van der Waals surface area contributed by atoms with Gasteiger partial charge in [-0.3, -0.25) is 0 Å². The average Bonchev–Trinajstić information content (AvgIpc) is 2.77. The predicted molar refractivity (Wildman–Crippen MR) is 224 cm³/mol. The summed E-state index contributed by atoms with van der Waals surface area (Å²) in [5, 5.41) is 2.79. The number of hydrogen-bond acceptors (Lipinski definition) is 0. The van der Waals surface area contributed by atoms with Crippen molar-refractivity contribution in [2.75, 3.05) is 0 Å². The first kappa shape index (κ1) is 32.1. The van der Waals surface area contributed by atoms with Crippen LogP contribution in [0, 0.1) is 42.8 Å². The Morgan fingerprint density at radius 2 is 1.06 bits per heavy atom. The molecule has 0 unspecified atom stereocenters. The topological polar surface area (TPSA) is 0 Å². The van der Waals surface area contributed by atoms with E-state index in [9.17, 15) is 0 Å². The number of benzene rings is 4. The normalized spacial score (nSPS) is 11.5. The highest BCUT2D eigenvalue weighted by molar-refractivity contribution is 14.1. The van der Waals surface area contributed by atoms with Crippen molar-refractivity contribution in [2.24, 2.45) is 0 Å². The molecule has 0 atom stereocenters. The molecule has 0 saturated heterocycles. The van der Waals surface area contributed by atoms with Crippen LogP contribution >= 0.6 is 226 Å². The van der Waals surface area contributed by atoms with Gasteiger partial charge in [0.25, 0.3) is 0 Å². The van der Waals surface area contributed by atoms with E-state index in [4.69, 9.17) is 0 Å². The molecule has 0 aliphatic heterocycles. The van der Waals surface area contributed by atoms with Crippen LogP contribution in [0.1, 0.15) is 11.1 Å². The van der Waals surface area contributed by atoms with Gasteiger partial charge in [-0.1, -0.05) is 0 Å². The maximum Gasteiger partial charge on any atom is 0.360 e. The van der Waals surface area contributed by atoms with Gasteiger partial charge < -0.3 is 0 Å². The lowest BCUT2D eigenvalue weighted by atomic mass is 10.0. The van der Waals surface area contributed by atoms with Gasteiger partial charge in [-0.2, -0.15) is 0 Å². The van der Waals surface area contributed by atoms with Crippen LogP contribution in [0.3, 0.4) is 0 Å². The van der Waals surface area contributed by atoms with Crippen molar-refractivity contribution in [2.45, 2.75) is 6.42 Å². The lowest BCUT2D eigenvalue weighted by molar-refractivity contribution is -0.600. The molecule has 0 aliphatic carbocycles. The molecular formula is C23H8I11+. The summed E-state index contributed by atoms with van der Waals surface area (Å²) in [6.07, 6.45) is 0.968. The van der Waals surface area contributed by atoms with Gasteiger partial charge in [-0.25, -0.2) is 0 Å². The molecule has 0 bridgehead atoms. The molecular weight excluding hydrogens is 1670 g/mol. The third-order valence-electron chi connectivity index (χ3n) is 4.89. The first-order valence-corrected chi connectivity index (χ1v) is 22.1. The van der Waals surface area contributed by atoms with Crippen molar-refractivity contribution in [3.8, 4) is 0 Å². The molecule has 11 heteroatoms. The average molecular weight is 1680 g/mol. The van der Waals surface area contributed by atoms with Crippen molar-refractivity contribution in [1.82, 2.24) is 0 Å². The molecule has 176 valence electrons. The number of hydrogen-bond donors (Lipinski definition) is 0. The first-order valence-electron chi connectivity index (χ1n) is 9.19. The van der Waals surface area contributed by atoms with Crippen molar-refractivity contribution >= 4 is 237 Å². The Balaban J connectivity index is 1.77. The summed E-state index contributed by atoms with van der Waals surface area (Å²) >= 11 is 25.0. The van der Waals surface area contributed by atoms with E-state index in [1.807, 2.05) is 0 Å². The maximum atomic E-state index is 2.59. The summed E-state index contributed by atoms with van der Waals surface area (Å²) in [6.45, 7) is 0. The summed E-state index contributed by atoms with van der Waals surface area (Å²) in [4.78, 5) is 0. The molecule has 0 aromatic heterocycles. The van der Waals surface area contributed by atoms with Gasteiger partial charge in [-0.15, -0.1) is 0 Å². The van der Waals surface area contributed by atoms with Gasteiger partial charge in [0.1, 0.15) is 0 Å². The molecule has 0 spiro atoms. The second kappa shape index (κ2) is 14.1. The van der Waals surface area contributed by atoms with E-state index < -0.39 is 0 Å². The highest BCUT2D eigenvalue weighted by Gasteiger charge is 2.27. The quantitative estimate of drug-likeness (QED) is 0.109. The maximum absolute atomic E-state index is 2.59. The third-order valence-corrected chi connectivity index (χ3v) is 21.8. The lowest BCUT2D eigenvalue weighted by Crippen LogP contribution is -3.62. The molecule has 0 fully saturated rings. The predicted octanol–water partition coefficient (Wildman–Crippen LogP) is 8.60. The molecule has 4 rings (SSSR count). The zero-order chi connectivity index (χ0) is 24.9. The van der Waals surface area contributed by atoms with E-state index in [2.05, 4.69) is 262 Å². The lowest BCUT2D eigenvalue weighted by Gasteiger charge is -2.15. The molecule has 0 aliphatic rings. The van der Waals surface area contributed by atoms with Gasteiger partial charge in [0.15, 0.2) is 0 Å². The number of rotatable bonds is 4. The van der Waals surface area contributed by atoms with Crippen molar-refractivity contribution in [3.63, 3.8) is 0 Å². The van der Waals surface area contributed by atoms with Crippen molar-refractivity contribution in [1.29, 1.82) is 0 Å². The van der Waals surface area contributed by atoms with Crippen LogP contribution in [0.15, 0.2) is 36.4 Å². The van der Waals surface area contributed by atoms with E-state index in [-0.39, 0.29) is 21.2 Å². The number of fused-ring (bicyclic) bond motifs is 1. The highest BCUT2D eigenvalue weighted by atomic mass is 127. The molecule has 0 radical (unpaired) electrons. The summed E-state index contributed by atoms with van der Waals surface area (Å²) < 4.78 is 16.8. The van der Waals surface area contributed by atoms with Crippen LogP contribution in [0.5, 0.6) is 0 Å². The summed E-state index contributed by atoms with van der Waals surface area (Å²) in [5.74, 6) is 0. The van der Waals surface area contributed by atoms with Crippen molar-refractivity contribution in [3.05, 3.63) is 90.4 Å². The van der Waals surface area contributed by atoms with Crippen molar-refractivity contribution < 1.29 is 21.2 Å². The minimum absolute atomic E-state index is 0.232. The fraction of sp³-hybridized carbons (Fsp3) is 0.0435. The molecule has 0 amide bonds. The second-order valence-electron chi connectivity index (χ2n) is 7.01. The zero-order valence-corrected chi connectivity index (χ0v) is 40.1. The standard InChI is InChI=1S/C23H8I11/c24-10-1-2-11(25)20-19(10)16(30)4-8(21(20)31)3-9-12(26)6-18(23(33)22(9)32)34-17-7-14(28)13(27)5-15(17)29/h1-2,4-7H,3H2/q+1. The molecule has 0 N–H and O–H groups in total. The minimum Gasteiger partial charge on any atom is -0.0471 e. The van der Waals surface area contributed by atoms with Gasteiger partial charge >= 0.3 is 21.2 Å². The van der Waals surface area contributed by atoms with Crippen LogP contribution in [0.25, 0.3) is 10.8 Å². The van der Waals surface area contributed by atoms with Gasteiger partial charge in [0.2, 0.25) is 7.14 Å². The monoisotopic (exact) mass is 1680 g/mol. The second-order valence-corrected chi connectivity index (χ2v) is 21.2. The summed E-state index contributed by atoms with van der Waals surface area (Å²) in [7, 11) is 0. The van der Waals surface area contributed by atoms with Crippen LogP contribution in [0.2, 0.25) is 0 Å². The third kappa shape index (κ3) is 7.20. The number of halogens is 11. The van der Waals surface area contributed by atoms with Crippen LogP contribution < -0.4 is 21.2 Å². The van der Waals surface area contributed by atoms with Crippen LogP contribution in [-0.2, 0) is 6.42 Å². The molecule has 0 nitrogen and oxygen atoms in total. The highest BCUT2D eigenvalue weighted by Crippen LogP contribution is 2.37. The van der Waals surface area contributed by atoms with E-state index in [0.29, 0.717) is 0 Å². The fourth-order valence-corrected chi connectivity index (χ4v) is 17.7. The van der Waals surface area contributed by atoms with E-state index in [1.54, 1.807) is 0 Å². The molecule has 4 aromatic carbocycles. The summed E-state index contributed by atoms with van der Waals surface area (Å²) in [5.41, 5.74) is 2.88. The molecule has 0 saturated carbocycles. The molecule has 0 heterocycles. The molecule has 4 aromatic rings. The fourth-order valence-electron chi connectivity index (χ4n) is 3.28. The van der Waals surface area contributed by atoms with E-state index >= 15 is 0 Å². The Morgan fingerprint density at radius 3 is 1.74 bits per heavy atom. The van der Waals surface area contributed by atoms with Gasteiger partial charge in [0.05, 0.1) is 7.14 Å².